The Bertz CT molecular complexity index is 401. The smallest absolute Gasteiger partial charge is 0.163 e. The number of phenolic OH excluding ortho intramolecular Hbond substituents is 1. The minimum Gasteiger partial charge on any atom is -0.504 e. The lowest BCUT2D eigenvalue weighted by Gasteiger charge is -2.09. The molecule has 0 radical (unpaired) electrons. The van der Waals surface area contributed by atoms with Gasteiger partial charge in [0.25, 0.3) is 0 Å². The monoisotopic (exact) mass is 215 g/mol. The van der Waals surface area contributed by atoms with Gasteiger partial charge in [-0.15, -0.1) is 0 Å². The van der Waals surface area contributed by atoms with Crippen molar-refractivity contribution in [3.05, 3.63) is 22.5 Å². The zero-order chi connectivity index (χ0) is 10.7. The summed E-state index contributed by atoms with van der Waals surface area (Å²) in [5.74, 6) is -1.04. The normalized spacial score (nSPS) is 9.57. The molecule has 0 saturated carbocycles. The molecule has 0 saturated heterocycles. The topological polar surface area (TPSA) is 53.2 Å². The Morgan fingerprint density at radius 1 is 1.71 bits per heavy atom. The second-order valence-corrected chi connectivity index (χ2v) is 2.91. The van der Waals surface area contributed by atoms with Gasteiger partial charge >= 0.3 is 0 Å². The van der Waals surface area contributed by atoms with E-state index in [1.807, 2.05) is 0 Å². The highest BCUT2D eigenvalue weighted by Crippen LogP contribution is 2.37. The van der Waals surface area contributed by atoms with Crippen LogP contribution in [-0.2, 0) is 6.42 Å². The van der Waals surface area contributed by atoms with Crippen LogP contribution >= 0.6 is 11.6 Å². The molecule has 0 aliphatic carbocycles. The molecule has 0 atom stereocenters. The van der Waals surface area contributed by atoms with Gasteiger partial charge in [0, 0.05) is 11.6 Å². The predicted octanol–water partition coefficient (Wildman–Crippen LogP) is 2.26. The van der Waals surface area contributed by atoms with Crippen molar-refractivity contribution in [2.75, 3.05) is 7.11 Å². The van der Waals surface area contributed by atoms with Crippen molar-refractivity contribution < 1.29 is 14.2 Å². The number of aromatic hydroxyl groups is 1. The summed E-state index contributed by atoms with van der Waals surface area (Å²) < 4.78 is 17.8. The Morgan fingerprint density at radius 3 is 2.86 bits per heavy atom. The molecule has 14 heavy (non-hydrogen) atoms. The van der Waals surface area contributed by atoms with E-state index in [1.165, 1.54) is 7.11 Å². The van der Waals surface area contributed by atoms with E-state index in [2.05, 4.69) is 0 Å². The molecule has 0 aromatic heterocycles. The number of phenols is 1. The lowest BCUT2D eigenvalue weighted by Crippen LogP contribution is -1.93. The van der Waals surface area contributed by atoms with Gasteiger partial charge in [-0.3, -0.25) is 0 Å². The molecule has 5 heteroatoms. The summed E-state index contributed by atoms with van der Waals surface area (Å²) in [6.45, 7) is 0. The number of halogens is 2. The van der Waals surface area contributed by atoms with Crippen molar-refractivity contribution in [1.29, 1.82) is 5.26 Å². The van der Waals surface area contributed by atoms with Crippen LogP contribution < -0.4 is 4.74 Å². The maximum Gasteiger partial charge on any atom is 0.163 e. The Kier molecular flexibility index (Phi) is 3.15. The van der Waals surface area contributed by atoms with Crippen molar-refractivity contribution in [2.45, 2.75) is 6.42 Å². The van der Waals surface area contributed by atoms with E-state index in [9.17, 15) is 9.50 Å². The summed E-state index contributed by atoms with van der Waals surface area (Å²) in [7, 11) is 1.29. The van der Waals surface area contributed by atoms with Crippen molar-refractivity contribution in [3.8, 4) is 17.6 Å². The lowest BCUT2D eigenvalue weighted by molar-refractivity contribution is 0.368. The molecule has 0 bridgehead atoms. The number of rotatable bonds is 2. The molecule has 1 N–H and O–H groups in total. The van der Waals surface area contributed by atoms with Crippen LogP contribution in [0.1, 0.15) is 5.56 Å². The summed E-state index contributed by atoms with van der Waals surface area (Å²) in [5, 5.41) is 17.7. The van der Waals surface area contributed by atoms with Crippen LogP contribution in [0.2, 0.25) is 5.02 Å². The van der Waals surface area contributed by atoms with E-state index < -0.39 is 5.82 Å². The largest absolute Gasteiger partial charge is 0.504 e. The van der Waals surface area contributed by atoms with Crippen LogP contribution in [0.15, 0.2) is 6.07 Å². The summed E-state index contributed by atoms with van der Waals surface area (Å²) in [6.07, 6.45) is -0.168. The Labute approximate surface area is 85.3 Å². The summed E-state index contributed by atoms with van der Waals surface area (Å²) >= 11 is 5.56. The second-order valence-electron chi connectivity index (χ2n) is 2.54. The second kappa shape index (κ2) is 4.16. The van der Waals surface area contributed by atoms with Crippen LogP contribution in [0.4, 0.5) is 4.39 Å². The molecule has 1 aromatic carbocycles. The molecule has 0 heterocycles. The van der Waals surface area contributed by atoms with E-state index in [0.29, 0.717) is 0 Å². The molecular formula is C9H7ClFNO2. The number of hydrogen-bond acceptors (Lipinski definition) is 3. The highest BCUT2D eigenvalue weighted by molar-refractivity contribution is 6.31. The fraction of sp³-hybridized carbons (Fsp3) is 0.222. The molecule has 74 valence electrons. The maximum atomic E-state index is 13.1. The molecule has 0 amide bonds. The molecule has 1 aromatic rings. The summed E-state index contributed by atoms with van der Waals surface area (Å²) in [4.78, 5) is 0. The fourth-order valence-electron chi connectivity index (χ4n) is 1.04. The fourth-order valence-corrected chi connectivity index (χ4v) is 1.25. The number of benzene rings is 1. The molecule has 3 nitrogen and oxygen atoms in total. The Morgan fingerprint density at radius 2 is 2.36 bits per heavy atom. The number of nitriles is 1. The minimum absolute atomic E-state index is 0.0304. The third kappa shape index (κ3) is 1.73. The number of methoxy groups -OCH3 is 1. The van der Waals surface area contributed by atoms with Gasteiger partial charge in [0.1, 0.15) is 5.82 Å². The van der Waals surface area contributed by atoms with E-state index in [0.717, 1.165) is 6.07 Å². The Balaban J connectivity index is 3.38. The van der Waals surface area contributed by atoms with Gasteiger partial charge in [0.05, 0.1) is 24.6 Å². The highest BCUT2D eigenvalue weighted by atomic mass is 35.5. The number of hydrogen-bond donors (Lipinski definition) is 1. The first-order valence-electron chi connectivity index (χ1n) is 3.72. The predicted molar refractivity (Wildman–Crippen MR) is 48.9 cm³/mol. The number of nitrogens with zero attached hydrogens (tertiary/aromatic N) is 1. The van der Waals surface area contributed by atoms with Crippen LogP contribution in [-0.4, -0.2) is 12.2 Å². The zero-order valence-electron chi connectivity index (χ0n) is 7.34. The first kappa shape index (κ1) is 10.6. The molecule has 0 fully saturated rings. The van der Waals surface area contributed by atoms with E-state index >= 15 is 0 Å². The molecule has 0 aliphatic rings. The standard InChI is InChI=1S/C9H7ClFNO2/c1-14-7-4-6(11)8(10)5(2-3-12)9(7)13/h4,13H,2H2,1H3. The zero-order valence-corrected chi connectivity index (χ0v) is 8.10. The van der Waals surface area contributed by atoms with E-state index in [1.54, 1.807) is 6.07 Å². The van der Waals surface area contributed by atoms with Crippen molar-refractivity contribution >= 4 is 11.6 Å². The first-order chi connectivity index (χ1) is 6.61. The maximum absolute atomic E-state index is 13.1. The summed E-state index contributed by atoms with van der Waals surface area (Å²) in [6, 6.07) is 2.75. The SMILES string of the molecule is COc1cc(F)c(Cl)c(CC#N)c1O. The van der Waals surface area contributed by atoms with Gasteiger partial charge in [0.15, 0.2) is 11.5 Å². The van der Waals surface area contributed by atoms with Crippen molar-refractivity contribution in [2.24, 2.45) is 0 Å². The molecule has 0 spiro atoms. The van der Waals surface area contributed by atoms with Gasteiger partial charge in [-0.05, 0) is 0 Å². The third-order valence-electron chi connectivity index (χ3n) is 1.73. The quantitative estimate of drug-likeness (QED) is 0.823. The Hall–Kier alpha value is -1.47. The number of ether oxygens (including phenoxy) is 1. The molecular weight excluding hydrogens is 209 g/mol. The van der Waals surface area contributed by atoms with Crippen LogP contribution in [0.25, 0.3) is 0 Å². The molecule has 1 rings (SSSR count). The molecule has 0 aliphatic heterocycles. The van der Waals surface area contributed by atoms with Crippen molar-refractivity contribution in [3.63, 3.8) is 0 Å². The van der Waals surface area contributed by atoms with Gasteiger partial charge in [-0.25, -0.2) is 4.39 Å². The van der Waals surface area contributed by atoms with Crippen molar-refractivity contribution in [1.82, 2.24) is 0 Å². The van der Waals surface area contributed by atoms with Crippen LogP contribution in [0, 0.1) is 17.1 Å². The van der Waals surface area contributed by atoms with Gasteiger partial charge in [0.2, 0.25) is 0 Å². The van der Waals surface area contributed by atoms with Gasteiger partial charge in [-0.1, -0.05) is 11.6 Å². The average Bonchev–Trinajstić information content (AvgIpc) is 2.18. The average molecular weight is 216 g/mol. The third-order valence-corrected chi connectivity index (χ3v) is 2.14. The van der Waals surface area contributed by atoms with E-state index in [-0.39, 0.29) is 28.5 Å². The lowest BCUT2D eigenvalue weighted by atomic mass is 10.1. The minimum atomic E-state index is -0.716. The molecule has 0 unspecified atom stereocenters. The highest BCUT2D eigenvalue weighted by Gasteiger charge is 2.16. The van der Waals surface area contributed by atoms with E-state index in [4.69, 9.17) is 21.6 Å². The summed E-state index contributed by atoms with van der Waals surface area (Å²) in [5.41, 5.74) is 0.0472. The first-order valence-corrected chi connectivity index (χ1v) is 4.10. The van der Waals surface area contributed by atoms with Gasteiger partial charge < -0.3 is 9.84 Å². The van der Waals surface area contributed by atoms with Gasteiger partial charge in [-0.2, -0.15) is 5.26 Å². The van der Waals surface area contributed by atoms with Crippen LogP contribution in [0.3, 0.4) is 0 Å². The van der Waals surface area contributed by atoms with Crippen LogP contribution in [0.5, 0.6) is 11.5 Å².